The minimum Gasteiger partial charge on any atom is -0.0807 e. The highest BCUT2D eigenvalue weighted by atomic mass is 14.1. The van der Waals surface area contributed by atoms with Gasteiger partial charge in [0.15, 0.2) is 0 Å². The van der Waals surface area contributed by atoms with E-state index in [0.29, 0.717) is 0 Å². The van der Waals surface area contributed by atoms with Gasteiger partial charge in [-0.2, -0.15) is 0 Å². The Hall–Kier alpha value is -2.08. The molecule has 0 N–H and O–H groups in total. The summed E-state index contributed by atoms with van der Waals surface area (Å²) in [6, 6.07) is 18.2. The Morgan fingerprint density at radius 2 is 0.818 bits per heavy atom. The average Bonchev–Trinajstić information content (AvgIpc) is 3.29. The van der Waals surface area contributed by atoms with Gasteiger partial charge in [0.2, 0.25) is 0 Å². The number of hydrogen-bond donors (Lipinski definition) is 0. The largest absolute Gasteiger partial charge is 0.0807 e. The molecule has 0 aliphatic heterocycles. The van der Waals surface area contributed by atoms with Crippen LogP contribution in [0.2, 0.25) is 0 Å². The number of rotatable bonds is 3. The highest BCUT2D eigenvalue weighted by Crippen LogP contribution is 2.31. The van der Waals surface area contributed by atoms with Crippen LogP contribution in [0.1, 0.15) is 49.7 Å². The average molecular weight is 286 g/mol. The summed E-state index contributed by atoms with van der Waals surface area (Å²) in [6.07, 6.45) is 12.4. The molecule has 0 fully saturated rings. The lowest BCUT2D eigenvalue weighted by Crippen LogP contribution is -1.84. The molecule has 0 amide bonds. The Morgan fingerprint density at radius 3 is 1.14 bits per heavy atom. The molecule has 2 aromatic rings. The Morgan fingerprint density at radius 1 is 0.455 bits per heavy atom. The number of hydrogen-bond acceptors (Lipinski definition) is 0. The molecule has 0 heteroatoms. The van der Waals surface area contributed by atoms with Gasteiger partial charge in [0.1, 0.15) is 0 Å². The van der Waals surface area contributed by atoms with Crippen molar-refractivity contribution in [3.63, 3.8) is 0 Å². The molecule has 2 aliphatic rings. The van der Waals surface area contributed by atoms with Crippen molar-refractivity contribution in [1.29, 1.82) is 0 Å². The zero-order chi connectivity index (χ0) is 14.8. The molecule has 0 aromatic heterocycles. The van der Waals surface area contributed by atoms with E-state index in [1.54, 1.807) is 0 Å². The second kappa shape index (κ2) is 5.96. The maximum atomic E-state index is 2.39. The highest BCUT2D eigenvalue weighted by Gasteiger charge is 2.09. The van der Waals surface area contributed by atoms with Crippen molar-refractivity contribution >= 4 is 11.1 Å². The topological polar surface area (TPSA) is 0 Å². The molecule has 4 rings (SSSR count). The van der Waals surface area contributed by atoms with Gasteiger partial charge in [-0.25, -0.2) is 0 Å². The smallest absolute Gasteiger partial charge is 0.0184 e. The van der Waals surface area contributed by atoms with Crippen LogP contribution in [-0.4, -0.2) is 0 Å². The zero-order valence-corrected chi connectivity index (χ0v) is 13.0. The molecule has 0 unspecified atom stereocenters. The fraction of sp³-hybridized carbons (Fsp3) is 0.273. The summed E-state index contributed by atoms with van der Waals surface area (Å²) in [5, 5.41) is 0. The lowest BCUT2D eigenvalue weighted by atomic mass is 9.98. The molecule has 110 valence electrons. The van der Waals surface area contributed by atoms with E-state index in [-0.39, 0.29) is 0 Å². The maximum absolute atomic E-state index is 2.39. The predicted molar refractivity (Wildman–Crippen MR) is 95.5 cm³/mol. The SMILES string of the molecule is C1=C(c2ccc(-c3ccc(C4=CCCC4)cc3)cc2)CCC1. The molecule has 0 saturated carbocycles. The first-order valence-corrected chi connectivity index (χ1v) is 8.49. The van der Waals surface area contributed by atoms with E-state index in [2.05, 4.69) is 60.7 Å². The molecule has 0 heterocycles. The van der Waals surface area contributed by atoms with Crippen LogP contribution in [0.3, 0.4) is 0 Å². The van der Waals surface area contributed by atoms with Gasteiger partial charge in [0, 0.05) is 0 Å². The van der Waals surface area contributed by atoms with Crippen LogP contribution < -0.4 is 0 Å². The minimum absolute atomic E-state index is 1.24. The van der Waals surface area contributed by atoms with Crippen molar-refractivity contribution in [2.24, 2.45) is 0 Å². The third-order valence-corrected chi connectivity index (χ3v) is 4.93. The van der Waals surface area contributed by atoms with Crippen molar-refractivity contribution in [2.45, 2.75) is 38.5 Å². The van der Waals surface area contributed by atoms with Crippen LogP contribution in [-0.2, 0) is 0 Å². The zero-order valence-electron chi connectivity index (χ0n) is 13.0. The lowest BCUT2D eigenvalue weighted by molar-refractivity contribution is 0.935. The van der Waals surface area contributed by atoms with Gasteiger partial charge in [-0.1, -0.05) is 60.7 Å². The minimum atomic E-state index is 1.24. The summed E-state index contributed by atoms with van der Waals surface area (Å²) >= 11 is 0. The molecule has 0 nitrogen and oxygen atoms in total. The van der Waals surface area contributed by atoms with Crippen molar-refractivity contribution in [2.75, 3.05) is 0 Å². The van der Waals surface area contributed by atoms with E-state index in [4.69, 9.17) is 0 Å². The first kappa shape index (κ1) is 13.6. The van der Waals surface area contributed by atoms with Crippen molar-refractivity contribution < 1.29 is 0 Å². The molecule has 2 aliphatic carbocycles. The molecule has 0 radical (unpaired) electrons. The summed E-state index contributed by atoms with van der Waals surface area (Å²) < 4.78 is 0. The summed E-state index contributed by atoms with van der Waals surface area (Å²) in [5.74, 6) is 0. The summed E-state index contributed by atoms with van der Waals surface area (Å²) in [5.41, 5.74) is 8.47. The standard InChI is InChI=1S/C22H22/c1-2-6-17(5-1)19-9-13-21(14-10-19)22-15-11-20(12-16-22)18-7-3-4-8-18/h5,7,9-16H,1-4,6,8H2. The molecule has 0 atom stereocenters. The van der Waals surface area contributed by atoms with Crippen molar-refractivity contribution in [3.8, 4) is 11.1 Å². The van der Waals surface area contributed by atoms with Gasteiger partial charge in [0.05, 0.1) is 0 Å². The molecule has 0 bridgehead atoms. The third kappa shape index (κ3) is 2.66. The summed E-state index contributed by atoms with van der Waals surface area (Å²) in [7, 11) is 0. The monoisotopic (exact) mass is 286 g/mol. The van der Waals surface area contributed by atoms with Crippen LogP contribution >= 0.6 is 0 Å². The maximum Gasteiger partial charge on any atom is -0.0184 e. The fourth-order valence-corrected chi connectivity index (χ4v) is 3.62. The third-order valence-electron chi connectivity index (χ3n) is 4.93. The molecule has 0 saturated heterocycles. The van der Waals surface area contributed by atoms with E-state index in [9.17, 15) is 0 Å². The first-order valence-electron chi connectivity index (χ1n) is 8.49. The van der Waals surface area contributed by atoms with Gasteiger partial charge in [-0.15, -0.1) is 0 Å². The summed E-state index contributed by atoms with van der Waals surface area (Å²) in [6.45, 7) is 0. The second-order valence-corrected chi connectivity index (χ2v) is 6.40. The van der Waals surface area contributed by atoms with Gasteiger partial charge in [0.25, 0.3) is 0 Å². The second-order valence-electron chi connectivity index (χ2n) is 6.40. The Balaban J connectivity index is 1.56. The van der Waals surface area contributed by atoms with E-state index >= 15 is 0 Å². The number of benzene rings is 2. The lowest BCUT2D eigenvalue weighted by Gasteiger charge is -2.07. The Labute approximate surface area is 133 Å². The first-order chi connectivity index (χ1) is 10.9. The Bertz CT molecular complexity index is 646. The van der Waals surface area contributed by atoms with Gasteiger partial charge in [-0.05, 0) is 71.9 Å². The van der Waals surface area contributed by atoms with E-state index < -0.39 is 0 Å². The van der Waals surface area contributed by atoms with E-state index in [1.807, 2.05) is 0 Å². The number of allylic oxidation sites excluding steroid dienone is 4. The summed E-state index contributed by atoms with van der Waals surface area (Å²) in [4.78, 5) is 0. The molecular weight excluding hydrogens is 264 g/mol. The molecule has 22 heavy (non-hydrogen) atoms. The molecule has 0 spiro atoms. The molecular formula is C22H22. The predicted octanol–water partition coefficient (Wildman–Crippen LogP) is 6.49. The van der Waals surface area contributed by atoms with Crippen LogP contribution in [0.5, 0.6) is 0 Å². The van der Waals surface area contributed by atoms with Crippen molar-refractivity contribution in [1.82, 2.24) is 0 Å². The molecule has 2 aromatic carbocycles. The van der Waals surface area contributed by atoms with Gasteiger partial charge < -0.3 is 0 Å². The van der Waals surface area contributed by atoms with E-state index in [1.165, 1.54) is 71.9 Å². The highest BCUT2D eigenvalue weighted by molar-refractivity contribution is 5.73. The Kier molecular flexibility index (Phi) is 3.68. The van der Waals surface area contributed by atoms with Crippen LogP contribution in [0, 0.1) is 0 Å². The van der Waals surface area contributed by atoms with Gasteiger partial charge >= 0.3 is 0 Å². The quantitative estimate of drug-likeness (QED) is 0.605. The van der Waals surface area contributed by atoms with Gasteiger partial charge in [-0.3, -0.25) is 0 Å². The van der Waals surface area contributed by atoms with Crippen molar-refractivity contribution in [3.05, 3.63) is 71.8 Å². The fourth-order valence-electron chi connectivity index (χ4n) is 3.62. The van der Waals surface area contributed by atoms with Crippen LogP contribution in [0.25, 0.3) is 22.3 Å². The van der Waals surface area contributed by atoms with Crippen LogP contribution in [0.4, 0.5) is 0 Å². The van der Waals surface area contributed by atoms with Crippen LogP contribution in [0.15, 0.2) is 60.7 Å². The van der Waals surface area contributed by atoms with E-state index in [0.717, 1.165) is 0 Å². The normalized spacial score (nSPS) is 17.5.